The van der Waals surface area contributed by atoms with Gasteiger partial charge in [0, 0.05) is 10.7 Å². The fourth-order valence-corrected chi connectivity index (χ4v) is 4.47. The van der Waals surface area contributed by atoms with Crippen molar-refractivity contribution in [1.82, 2.24) is 0 Å². The van der Waals surface area contributed by atoms with E-state index in [2.05, 4.69) is 30.8 Å². The van der Waals surface area contributed by atoms with E-state index in [9.17, 15) is 13.2 Å². The Hall–Kier alpha value is -3.03. The van der Waals surface area contributed by atoms with Gasteiger partial charge in [-0.25, -0.2) is 8.42 Å². The number of carbonyl (C=O) groups excluding carboxylic acids is 1. The number of ether oxygens (including phenoxy) is 1. The lowest BCUT2D eigenvalue weighted by atomic mass is 9.87. The van der Waals surface area contributed by atoms with Crippen LogP contribution in [0.3, 0.4) is 0 Å². The number of carbonyl (C=O) groups is 1. The van der Waals surface area contributed by atoms with Crippen molar-refractivity contribution in [3.63, 3.8) is 0 Å². The quantitative estimate of drug-likeness (QED) is 0.407. The third-order valence-electron chi connectivity index (χ3n) is 5.35. The highest BCUT2D eigenvalue weighted by atomic mass is 35.5. The van der Waals surface area contributed by atoms with Crippen molar-refractivity contribution >= 4 is 38.9 Å². The number of halogens is 1. The van der Waals surface area contributed by atoms with Crippen molar-refractivity contribution in [2.45, 2.75) is 51.0 Å². The van der Waals surface area contributed by atoms with Crippen LogP contribution < -0.4 is 14.8 Å². The summed E-state index contributed by atoms with van der Waals surface area (Å²) < 4.78 is 33.8. The number of hydrogen-bond acceptors (Lipinski definition) is 4. The Morgan fingerprint density at radius 3 is 2.18 bits per heavy atom. The maximum absolute atomic E-state index is 12.7. The highest BCUT2D eigenvalue weighted by molar-refractivity contribution is 7.92. The third kappa shape index (κ3) is 6.30. The Labute approximate surface area is 206 Å². The number of amides is 1. The van der Waals surface area contributed by atoms with Crippen LogP contribution in [0.4, 0.5) is 11.4 Å². The van der Waals surface area contributed by atoms with Gasteiger partial charge in [0.15, 0.2) is 6.10 Å². The molecule has 0 aliphatic rings. The molecule has 180 valence electrons. The lowest BCUT2D eigenvalue weighted by molar-refractivity contribution is -0.122. The predicted octanol–water partition coefficient (Wildman–Crippen LogP) is 6.15. The molecular formula is C26H29ClN2O4S. The van der Waals surface area contributed by atoms with Crippen molar-refractivity contribution in [2.75, 3.05) is 10.0 Å². The summed E-state index contributed by atoms with van der Waals surface area (Å²) in [6.07, 6.45) is -0.739. The second-order valence-electron chi connectivity index (χ2n) is 9.07. The van der Waals surface area contributed by atoms with Crippen LogP contribution in [0.1, 0.15) is 38.8 Å². The predicted molar refractivity (Wildman–Crippen MR) is 137 cm³/mol. The maximum Gasteiger partial charge on any atom is 0.265 e. The van der Waals surface area contributed by atoms with Crippen molar-refractivity contribution in [3.05, 3.63) is 82.9 Å². The maximum atomic E-state index is 12.7. The van der Waals surface area contributed by atoms with Gasteiger partial charge in [-0.1, -0.05) is 50.6 Å². The topological polar surface area (TPSA) is 84.5 Å². The fourth-order valence-electron chi connectivity index (χ4n) is 3.17. The first kappa shape index (κ1) is 25.6. The van der Waals surface area contributed by atoms with Crippen LogP contribution in [-0.2, 0) is 20.2 Å². The van der Waals surface area contributed by atoms with E-state index < -0.39 is 16.1 Å². The molecule has 0 saturated heterocycles. The van der Waals surface area contributed by atoms with E-state index in [-0.39, 0.29) is 16.2 Å². The van der Waals surface area contributed by atoms with Crippen molar-refractivity contribution in [1.29, 1.82) is 0 Å². The molecule has 2 N–H and O–H groups in total. The molecule has 3 rings (SSSR count). The van der Waals surface area contributed by atoms with Gasteiger partial charge >= 0.3 is 0 Å². The van der Waals surface area contributed by atoms with Crippen LogP contribution in [-0.4, -0.2) is 20.4 Å². The Bertz CT molecular complexity index is 1270. The largest absolute Gasteiger partial charge is 0.481 e. The fraction of sp³-hybridized carbons (Fsp3) is 0.269. The van der Waals surface area contributed by atoms with Gasteiger partial charge in [-0.15, -0.1) is 0 Å². The molecule has 8 heteroatoms. The summed E-state index contributed by atoms with van der Waals surface area (Å²) in [5, 5.41) is 3.22. The summed E-state index contributed by atoms with van der Waals surface area (Å²) in [5.74, 6) is 0.252. The van der Waals surface area contributed by atoms with Gasteiger partial charge < -0.3 is 10.1 Å². The van der Waals surface area contributed by atoms with Crippen molar-refractivity contribution in [2.24, 2.45) is 0 Å². The van der Waals surface area contributed by atoms with Gasteiger partial charge in [-0.2, -0.15) is 0 Å². The molecule has 0 unspecified atom stereocenters. The molecule has 0 aliphatic heterocycles. The first-order valence-electron chi connectivity index (χ1n) is 10.8. The normalized spacial score (nSPS) is 12.6. The monoisotopic (exact) mass is 500 g/mol. The molecule has 0 bridgehead atoms. The molecule has 0 saturated carbocycles. The lowest BCUT2D eigenvalue weighted by Gasteiger charge is -2.20. The highest BCUT2D eigenvalue weighted by Gasteiger charge is 2.19. The van der Waals surface area contributed by atoms with Crippen LogP contribution in [0.2, 0.25) is 5.02 Å². The summed E-state index contributed by atoms with van der Waals surface area (Å²) >= 11 is 6.07. The number of rotatable bonds is 7. The smallest absolute Gasteiger partial charge is 0.265 e. The van der Waals surface area contributed by atoms with E-state index in [4.69, 9.17) is 16.3 Å². The Morgan fingerprint density at radius 1 is 0.971 bits per heavy atom. The summed E-state index contributed by atoms with van der Waals surface area (Å²) in [5.41, 5.74) is 2.71. The first-order chi connectivity index (χ1) is 15.9. The van der Waals surface area contributed by atoms with Crippen molar-refractivity contribution < 1.29 is 17.9 Å². The van der Waals surface area contributed by atoms with E-state index in [1.807, 2.05) is 24.3 Å². The molecule has 3 aromatic carbocycles. The average molecular weight is 501 g/mol. The van der Waals surface area contributed by atoms with Crippen LogP contribution in [0.25, 0.3) is 0 Å². The van der Waals surface area contributed by atoms with E-state index in [0.717, 1.165) is 0 Å². The van der Waals surface area contributed by atoms with Crippen LogP contribution >= 0.6 is 11.6 Å². The van der Waals surface area contributed by atoms with Crippen LogP contribution in [0, 0.1) is 6.92 Å². The minimum Gasteiger partial charge on any atom is -0.481 e. The van der Waals surface area contributed by atoms with Gasteiger partial charge in [0.2, 0.25) is 0 Å². The third-order valence-corrected chi connectivity index (χ3v) is 7.14. The number of benzene rings is 3. The molecule has 0 radical (unpaired) electrons. The zero-order valence-electron chi connectivity index (χ0n) is 19.8. The molecule has 34 heavy (non-hydrogen) atoms. The van der Waals surface area contributed by atoms with Gasteiger partial charge in [0.05, 0.1) is 10.6 Å². The lowest BCUT2D eigenvalue weighted by Crippen LogP contribution is -2.30. The van der Waals surface area contributed by atoms with Gasteiger partial charge in [-0.05, 0) is 78.9 Å². The average Bonchev–Trinajstić information content (AvgIpc) is 2.77. The number of sulfonamides is 1. The second-order valence-corrected chi connectivity index (χ2v) is 11.2. The molecular weight excluding hydrogens is 472 g/mol. The molecule has 0 heterocycles. The number of nitrogens with one attached hydrogen (secondary N) is 2. The SMILES string of the molecule is Cc1c(Cl)cccc1NS(=O)(=O)c1ccc(NC(=O)[C@@H](C)Oc2ccc(C(C)(C)C)cc2)cc1. The number of anilines is 2. The highest BCUT2D eigenvalue weighted by Crippen LogP contribution is 2.27. The molecule has 0 spiro atoms. The van der Waals surface area contributed by atoms with E-state index in [1.165, 1.54) is 29.8 Å². The standard InChI is InChI=1S/C26H29ClN2O4S/c1-17-23(27)7-6-8-24(17)29-34(31,32)22-15-11-20(12-16-22)28-25(30)18(2)33-21-13-9-19(10-14-21)26(3,4)5/h6-16,18,29H,1-5H3,(H,28,30)/t18-/m1/s1. The van der Waals surface area contributed by atoms with E-state index in [1.54, 1.807) is 32.0 Å². The Balaban J connectivity index is 1.63. The molecule has 0 fully saturated rings. The zero-order chi connectivity index (χ0) is 25.1. The molecule has 1 atom stereocenters. The van der Waals surface area contributed by atoms with Gasteiger partial charge in [0.25, 0.3) is 15.9 Å². The Morgan fingerprint density at radius 2 is 1.59 bits per heavy atom. The van der Waals surface area contributed by atoms with Crippen molar-refractivity contribution in [3.8, 4) is 5.75 Å². The van der Waals surface area contributed by atoms with Gasteiger partial charge in [-0.3, -0.25) is 9.52 Å². The van der Waals surface area contributed by atoms with Crippen LogP contribution in [0.15, 0.2) is 71.6 Å². The molecule has 0 aromatic heterocycles. The first-order valence-corrected chi connectivity index (χ1v) is 12.7. The zero-order valence-corrected chi connectivity index (χ0v) is 21.4. The minimum absolute atomic E-state index is 0.0314. The van der Waals surface area contributed by atoms with Crippen LogP contribution in [0.5, 0.6) is 5.75 Å². The molecule has 6 nitrogen and oxygen atoms in total. The second kappa shape index (κ2) is 10.1. The summed E-state index contributed by atoms with van der Waals surface area (Å²) in [6.45, 7) is 9.78. The summed E-state index contributed by atoms with van der Waals surface area (Å²) in [4.78, 5) is 12.6. The number of hydrogen-bond donors (Lipinski definition) is 2. The Kier molecular flexibility index (Phi) is 7.58. The minimum atomic E-state index is -3.82. The van der Waals surface area contributed by atoms with E-state index in [0.29, 0.717) is 27.7 Å². The molecule has 3 aromatic rings. The molecule has 1 amide bonds. The van der Waals surface area contributed by atoms with E-state index >= 15 is 0 Å². The summed E-state index contributed by atoms with van der Waals surface area (Å²) in [7, 11) is -3.82. The summed E-state index contributed by atoms with van der Waals surface area (Å²) in [6, 6.07) is 18.6. The molecule has 0 aliphatic carbocycles. The van der Waals surface area contributed by atoms with Gasteiger partial charge in [0.1, 0.15) is 5.75 Å².